The molecule has 0 amide bonds. The highest BCUT2D eigenvalue weighted by Crippen LogP contribution is 2.06. The average molecular weight is 236 g/mol. The van der Waals surface area contributed by atoms with Crippen molar-refractivity contribution in [2.75, 3.05) is 6.61 Å². The molecule has 1 aromatic rings. The fourth-order valence-electron chi connectivity index (χ4n) is 1.55. The lowest BCUT2D eigenvalue weighted by atomic mass is 10.2. The van der Waals surface area contributed by atoms with Gasteiger partial charge in [0, 0.05) is 13.3 Å². The van der Waals surface area contributed by atoms with Gasteiger partial charge in [0.1, 0.15) is 0 Å². The van der Waals surface area contributed by atoms with Gasteiger partial charge in [-0.25, -0.2) is 0 Å². The molecule has 1 atom stereocenters. The first-order valence-electron chi connectivity index (χ1n) is 6.05. The molecule has 3 nitrogen and oxygen atoms in total. The minimum absolute atomic E-state index is 0.289. The van der Waals surface area contributed by atoms with Gasteiger partial charge >= 0.3 is 5.97 Å². The van der Waals surface area contributed by atoms with Crippen molar-refractivity contribution in [1.82, 2.24) is 0 Å². The van der Waals surface area contributed by atoms with Crippen LogP contribution in [-0.2, 0) is 20.7 Å². The molecule has 17 heavy (non-hydrogen) atoms. The fraction of sp³-hybridized carbons (Fsp3) is 0.500. The molecule has 0 aliphatic rings. The third-order valence-corrected chi connectivity index (χ3v) is 2.36. The van der Waals surface area contributed by atoms with Crippen molar-refractivity contribution in [3.05, 3.63) is 35.9 Å². The second-order valence-corrected chi connectivity index (χ2v) is 3.93. The molecule has 0 aliphatic heterocycles. The Morgan fingerprint density at radius 2 is 2.00 bits per heavy atom. The number of hydrogen-bond donors (Lipinski definition) is 0. The Hall–Kier alpha value is -1.35. The summed E-state index contributed by atoms with van der Waals surface area (Å²) in [6.07, 6.45) is 2.11. The summed E-state index contributed by atoms with van der Waals surface area (Å²) >= 11 is 0. The van der Waals surface area contributed by atoms with Crippen molar-refractivity contribution in [2.45, 2.75) is 39.4 Å². The molecule has 0 bridgehead atoms. The summed E-state index contributed by atoms with van der Waals surface area (Å²) < 4.78 is 10.6. The molecule has 0 saturated heterocycles. The Labute approximate surface area is 103 Å². The zero-order valence-corrected chi connectivity index (χ0v) is 10.5. The molecule has 1 aromatic carbocycles. The molecule has 0 aromatic heterocycles. The van der Waals surface area contributed by atoms with Crippen LogP contribution in [0.2, 0.25) is 0 Å². The third kappa shape index (κ3) is 6.07. The number of carbonyl (C=O) groups is 1. The first kappa shape index (κ1) is 13.7. The summed E-state index contributed by atoms with van der Waals surface area (Å²) in [5, 5.41) is 0. The molecule has 0 heterocycles. The van der Waals surface area contributed by atoms with E-state index in [-0.39, 0.29) is 5.97 Å². The van der Waals surface area contributed by atoms with Gasteiger partial charge in [0.25, 0.3) is 0 Å². The minimum Gasteiger partial charge on any atom is -0.436 e. The molecular weight excluding hydrogens is 216 g/mol. The zero-order chi connectivity index (χ0) is 12.5. The van der Waals surface area contributed by atoms with Gasteiger partial charge in [0.05, 0.1) is 6.61 Å². The van der Waals surface area contributed by atoms with Crippen molar-refractivity contribution in [2.24, 2.45) is 0 Å². The highest BCUT2D eigenvalue weighted by molar-refractivity contribution is 5.66. The van der Waals surface area contributed by atoms with E-state index in [4.69, 9.17) is 9.47 Å². The van der Waals surface area contributed by atoms with E-state index >= 15 is 0 Å². The van der Waals surface area contributed by atoms with Crippen molar-refractivity contribution < 1.29 is 14.3 Å². The molecule has 94 valence electrons. The summed E-state index contributed by atoms with van der Waals surface area (Å²) in [7, 11) is 0. The zero-order valence-electron chi connectivity index (χ0n) is 10.5. The van der Waals surface area contributed by atoms with E-state index < -0.39 is 6.29 Å². The highest BCUT2D eigenvalue weighted by atomic mass is 16.7. The van der Waals surface area contributed by atoms with E-state index in [0.29, 0.717) is 6.61 Å². The van der Waals surface area contributed by atoms with E-state index in [0.717, 1.165) is 19.3 Å². The van der Waals surface area contributed by atoms with E-state index in [1.807, 2.05) is 25.1 Å². The van der Waals surface area contributed by atoms with Gasteiger partial charge in [-0.3, -0.25) is 4.79 Å². The van der Waals surface area contributed by atoms with Crippen molar-refractivity contribution >= 4 is 5.97 Å². The summed E-state index contributed by atoms with van der Waals surface area (Å²) in [5.41, 5.74) is 1.23. The molecule has 1 unspecified atom stereocenters. The maximum absolute atomic E-state index is 10.9. The molecule has 0 saturated carbocycles. The number of benzene rings is 1. The average Bonchev–Trinajstić information content (AvgIpc) is 2.30. The SMILES string of the molecule is CCCC(OCCc1ccccc1)OC(C)=O. The van der Waals surface area contributed by atoms with Gasteiger partial charge in [-0.2, -0.15) is 0 Å². The standard InChI is InChI=1S/C14H20O3/c1-3-7-14(17-12(2)15)16-11-10-13-8-5-4-6-9-13/h4-6,8-9,14H,3,7,10-11H2,1-2H3. The van der Waals surface area contributed by atoms with E-state index in [9.17, 15) is 4.79 Å². The lowest BCUT2D eigenvalue weighted by Gasteiger charge is -2.16. The molecule has 0 aliphatic carbocycles. The Bertz CT molecular complexity index is 321. The lowest BCUT2D eigenvalue weighted by molar-refractivity contribution is -0.177. The van der Waals surface area contributed by atoms with Crippen molar-refractivity contribution in [3.8, 4) is 0 Å². The second-order valence-electron chi connectivity index (χ2n) is 3.93. The summed E-state index contributed by atoms with van der Waals surface area (Å²) in [6, 6.07) is 10.1. The van der Waals surface area contributed by atoms with Gasteiger partial charge in [-0.15, -0.1) is 0 Å². The Balaban J connectivity index is 2.29. The summed E-state index contributed by atoms with van der Waals surface area (Å²) in [5.74, 6) is -0.289. The number of esters is 1. The number of rotatable bonds is 7. The first-order valence-corrected chi connectivity index (χ1v) is 6.05. The number of ether oxygens (including phenoxy) is 2. The molecule has 0 spiro atoms. The Morgan fingerprint density at radius 1 is 1.29 bits per heavy atom. The van der Waals surface area contributed by atoms with Crippen LogP contribution in [0.5, 0.6) is 0 Å². The highest BCUT2D eigenvalue weighted by Gasteiger charge is 2.10. The predicted molar refractivity (Wildman–Crippen MR) is 66.6 cm³/mol. The number of carbonyl (C=O) groups excluding carboxylic acids is 1. The Morgan fingerprint density at radius 3 is 2.59 bits per heavy atom. The maximum atomic E-state index is 10.9. The largest absolute Gasteiger partial charge is 0.436 e. The first-order chi connectivity index (χ1) is 8.22. The molecule has 0 N–H and O–H groups in total. The monoisotopic (exact) mass is 236 g/mol. The normalized spacial score (nSPS) is 12.1. The summed E-state index contributed by atoms with van der Waals surface area (Å²) in [6.45, 7) is 4.02. The summed E-state index contributed by atoms with van der Waals surface area (Å²) in [4.78, 5) is 10.9. The van der Waals surface area contributed by atoms with Crippen molar-refractivity contribution in [3.63, 3.8) is 0 Å². The van der Waals surface area contributed by atoms with Crippen LogP contribution < -0.4 is 0 Å². The van der Waals surface area contributed by atoms with Crippen LogP contribution in [0.1, 0.15) is 32.3 Å². The smallest absolute Gasteiger partial charge is 0.304 e. The van der Waals surface area contributed by atoms with Gasteiger partial charge in [-0.05, 0) is 12.0 Å². The van der Waals surface area contributed by atoms with E-state index in [1.165, 1.54) is 12.5 Å². The van der Waals surface area contributed by atoms with Crippen LogP contribution in [0.3, 0.4) is 0 Å². The molecular formula is C14H20O3. The van der Waals surface area contributed by atoms with Gasteiger partial charge < -0.3 is 9.47 Å². The van der Waals surface area contributed by atoms with Crippen LogP contribution in [0.15, 0.2) is 30.3 Å². The van der Waals surface area contributed by atoms with E-state index in [1.54, 1.807) is 0 Å². The van der Waals surface area contributed by atoms with Crippen LogP contribution in [0.4, 0.5) is 0 Å². The lowest BCUT2D eigenvalue weighted by Crippen LogP contribution is -2.21. The molecule has 0 fully saturated rings. The van der Waals surface area contributed by atoms with Gasteiger partial charge in [0.2, 0.25) is 6.29 Å². The Kier molecular flexibility index (Phi) is 6.33. The second kappa shape index (κ2) is 7.85. The molecule has 1 rings (SSSR count). The third-order valence-electron chi connectivity index (χ3n) is 2.36. The molecule has 0 radical (unpaired) electrons. The minimum atomic E-state index is -0.402. The van der Waals surface area contributed by atoms with Crippen molar-refractivity contribution in [1.29, 1.82) is 0 Å². The van der Waals surface area contributed by atoms with Gasteiger partial charge in [0.15, 0.2) is 0 Å². The number of hydrogen-bond acceptors (Lipinski definition) is 3. The fourth-order valence-corrected chi connectivity index (χ4v) is 1.55. The molecule has 3 heteroatoms. The van der Waals surface area contributed by atoms with Crippen LogP contribution in [0, 0.1) is 0 Å². The quantitative estimate of drug-likeness (QED) is 0.539. The van der Waals surface area contributed by atoms with Crippen LogP contribution in [-0.4, -0.2) is 18.9 Å². The van der Waals surface area contributed by atoms with Crippen LogP contribution >= 0.6 is 0 Å². The topological polar surface area (TPSA) is 35.5 Å². The van der Waals surface area contributed by atoms with Gasteiger partial charge in [-0.1, -0.05) is 43.7 Å². The van der Waals surface area contributed by atoms with Crippen LogP contribution in [0.25, 0.3) is 0 Å². The maximum Gasteiger partial charge on any atom is 0.304 e. The van der Waals surface area contributed by atoms with E-state index in [2.05, 4.69) is 12.1 Å². The predicted octanol–water partition coefficient (Wildman–Crippen LogP) is 2.94.